The summed E-state index contributed by atoms with van der Waals surface area (Å²) in [5, 5.41) is 2.81. The second-order valence-electron chi connectivity index (χ2n) is 4.06. The summed E-state index contributed by atoms with van der Waals surface area (Å²) < 4.78 is 6.44. The number of hydrogen-bond donors (Lipinski definition) is 2. The van der Waals surface area contributed by atoms with Crippen molar-refractivity contribution >= 4 is 11.6 Å². The molecule has 92 valence electrons. The summed E-state index contributed by atoms with van der Waals surface area (Å²) >= 11 is 0. The van der Waals surface area contributed by atoms with Crippen LogP contribution in [0.3, 0.4) is 0 Å². The number of nitrogens with zero attached hydrogens (tertiary/aromatic N) is 1. The van der Waals surface area contributed by atoms with Gasteiger partial charge in [-0.3, -0.25) is 9.59 Å². The topological polar surface area (TPSA) is 86.4 Å². The van der Waals surface area contributed by atoms with E-state index in [1.165, 1.54) is 22.9 Å². The average Bonchev–Trinajstić information content (AvgIpc) is 2.76. The van der Waals surface area contributed by atoms with Crippen molar-refractivity contribution in [3.63, 3.8) is 0 Å². The molecule has 1 saturated heterocycles. The first-order chi connectivity index (χ1) is 8.15. The number of aromatic nitrogens is 1. The average molecular weight is 237 g/mol. The van der Waals surface area contributed by atoms with Crippen molar-refractivity contribution < 1.29 is 9.53 Å². The summed E-state index contributed by atoms with van der Waals surface area (Å²) in [5.74, 6) is -0.201. The zero-order valence-corrected chi connectivity index (χ0v) is 9.39. The van der Waals surface area contributed by atoms with Crippen LogP contribution in [0.4, 0.5) is 5.69 Å². The van der Waals surface area contributed by atoms with Crippen LogP contribution in [0, 0.1) is 0 Å². The van der Waals surface area contributed by atoms with Crippen LogP contribution < -0.4 is 16.6 Å². The molecule has 1 aromatic heterocycles. The minimum atomic E-state index is -0.239. The highest BCUT2D eigenvalue weighted by atomic mass is 16.5. The molecule has 0 radical (unpaired) electrons. The second-order valence-corrected chi connectivity index (χ2v) is 4.06. The van der Waals surface area contributed by atoms with Gasteiger partial charge >= 0.3 is 0 Å². The number of ether oxygens (including phenoxy) is 1. The van der Waals surface area contributed by atoms with Crippen molar-refractivity contribution in [2.75, 3.05) is 18.9 Å². The molecule has 0 saturated carbocycles. The molecule has 1 fully saturated rings. The Kier molecular flexibility index (Phi) is 3.43. The maximum Gasteiger partial charge on any atom is 0.251 e. The highest BCUT2D eigenvalue weighted by molar-refractivity contribution is 5.76. The molecule has 17 heavy (non-hydrogen) atoms. The van der Waals surface area contributed by atoms with Crippen LogP contribution in [0.5, 0.6) is 0 Å². The number of amides is 1. The van der Waals surface area contributed by atoms with Crippen LogP contribution in [-0.4, -0.2) is 29.7 Å². The first-order valence-corrected chi connectivity index (χ1v) is 5.48. The summed E-state index contributed by atoms with van der Waals surface area (Å²) in [6.07, 6.45) is 2.28. The Morgan fingerprint density at radius 1 is 1.59 bits per heavy atom. The number of carbonyl (C=O) groups excluding carboxylic acids is 1. The lowest BCUT2D eigenvalue weighted by molar-refractivity contribution is -0.122. The smallest absolute Gasteiger partial charge is 0.251 e. The van der Waals surface area contributed by atoms with Crippen LogP contribution >= 0.6 is 0 Å². The fourth-order valence-electron chi connectivity index (χ4n) is 1.75. The summed E-state index contributed by atoms with van der Waals surface area (Å²) in [4.78, 5) is 23.1. The van der Waals surface area contributed by atoms with E-state index in [4.69, 9.17) is 10.5 Å². The van der Waals surface area contributed by atoms with E-state index in [9.17, 15) is 9.59 Å². The van der Waals surface area contributed by atoms with Crippen LogP contribution in [0.15, 0.2) is 23.1 Å². The quantitative estimate of drug-likeness (QED) is 0.730. The molecule has 2 heterocycles. The number of nitrogens with two attached hydrogens (primary N) is 1. The van der Waals surface area contributed by atoms with Gasteiger partial charge in [0.25, 0.3) is 5.56 Å². The number of nitrogens with one attached hydrogen (secondary N) is 1. The Morgan fingerprint density at radius 3 is 3.12 bits per heavy atom. The van der Waals surface area contributed by atoms with E-state index in [-0.39, 0.29) is 24.1 Å². The van der Waals surface area contributed by atoms with Gasteiger partial charge < -0.3 is 20.4 Å². The molecule has 0 aromatic carbocycles. The number of rotatable bonds is 3. The van der Waals surface area contributed by atoms with E-state index < -0.39 is 0 Å². The molecule has 1 aromatic rings. The molecule has 1 aliphatic rings. The fraction of sp³-hybridized carbons (Fsp3) is 0.455. The maximum atomic E-state index is 11.7. The second kappa shape index (κ2) is 5.01. The number of carbonyl (C=O) groups is 1. The fourth-order valence-corrected chi connectivity index (χ4v) is 1.75. The predicted molar refractivity (Wildman–Crippen MR) is 62.5 cm³/mol. The lowest BCUT2D eigenvalue weighted by atomic mass is 10.2. The summed E-state index contributed by atoms with van der Waals surface area (Å²) in [7, 11) is 0. The summed E-state index contributed by atoms with van der Waals surface area (Å²) in [6, 6.07) is 2.92. The molecule has 2 rings (SSSR count). The van der Waals surface area contributed by atoms with Crippen molar-refractivity contribution in [2.24, 2.45) is 0 Å². The third kappa shape index (κ3) is 3.07. The van der Waals surface area contributed by atoms with Crippen LogP contribution in [0.2, 0.25) is 0 Å². The van der Waals surface area contributed by atoms with Gasteiger partial charge in [-0.1, -0.05) is 0 Å². The minimum Gasteiger partial charge on any atom is -0.398 e. The third-order valence-electron chi connectivity index (χ3n) is 2.62. The van der Waals surface area contributed by atoms with Gasteiger partial charge in [0.1, 0.15) is 6.54 Å². The monoisotopic (exact) mass is 237 g/mol. The Balaban J connectivity index is 1.97. The standard InChI is InChI=1S/C11H15N3O3/c12-8-1-2-11(16)14(5-8)6-10(15)13-9-3-4-17-7-9/h1-2,5,9H,3-4,6-7,12H2,(H,13,15). The van der Waals surface area contributed by atoms with Crippen molar-refractivity contribution in [3.8, 4) is 0 Å². The molecule has 6 heteroatoms. The number of hydrogen-bond acceptors (Lipinski definition) is 4. The van der Waals surface area contributed by atoms with Gasteiger partial charge in [-0.15, -0.1) is 0 Å². The minimum absolute atomic E-state index is 0.0135. The van der Waals surface area contributed by atoms with Crippen LogP contribution in [-0.2, 0) is 16.1 Å². The molecular formula is C11H15N3O3. The van der Waals surface area contributed by atoms with Gasteiger partial charge in [0.2, 0.25) is 5.91 Å². The van der Waals surface area contributed by atoms with Gasteiger partial charge in [-0.2, -0.15) is 0 Å². The molecule has 0 bridgehead atoms. The molecule has 1 aliphatic heterocycles. The highest BCUT2D eigenvalue weighted by Crippen LogP contribution is 2.03. The van der Waals surface area contributed by atoms with Gasteiger partial charge in [-0.05, 0) is 12.5 Å². The zero-order valence-electron chi connectivity index (χ0n) is 9.39. The molecular weight excluding hydrogens is 222 g/mol. The Hall–Kier alpha value is -1.82. The Morgan fingerprint density at radius 2 is 2.41 bits per heavy atom. The number of anilines is 1. The van der Waals surface area contributed by atoms with E-state index in [0.29, 0.717) is 18.9 Å². The molecule has 1 amide bonds. The van der Waals surface area contributed by atoms with E-state index in [1.807, 2.05) is 0 Å². The highest BCUT2D eigenvalue weighted by Gasteiger charge is 2.17. The zero-order chi connectivity index (χ0) is 12.3. The summed E-state index contributed by atoms with van der Waals surface area (Å²) in [5.41, 5.74) is 5.78. The molecule has 6 nitrogen and oxygen atoms in total. The van der Waals surface area contributed by atoms with Gasteiger partial charge in [0.05, 0.1) is 12.6 Å². The lowest BCUT2D eigenvalue weighted by Crippen LogP contribution is -2.39. The lowest BCUT2D eigenvalue weighted by Gasteiger charge is -2.11. The SMILES string of the molecule is Nc1ccc(=O)n(CC(=O)NC2CCOC2)c1. The van der Waals surface area contributed by atoms with Gasteiger partial charge in [0, 0.05) is 24.6 Å². The van der Waals surface area contributed by atoms with E-state index >= 15 is 0 Å². The van der Waals surface area contributed by atoms with E-state index in [0.717, 1.165) is 6.42 Å². The van der Waals surface area contributed by atoms with E-state index in [2.05, 4.69) is 5.32 Å². The third-order valence-corrected chi connectivity index (χ3v) is 2.62. The largest absolute Gasteiger partial charge is 0.398 e. The van der Waals surface area contributed by atoms with Crippen molar-refractivity contribution in [3.05, 3.63) is 28.7 Å². The maximum absolute atomic E-state index is 11.7. The van der Waals surface area contributed by atoms with Gasteiger partial charge in [0.15, 0.2) is 0 Å². The van der Waals surface area contributed by atoms with Crippen molar-refractivity contribution in [1.82, 2.24) is 9.88 Å². The molecule has 0 aliphatic carbocycles. The Bertz CT molecular complexity index is 463. The first kappa shape index (κ1) is 11.7. The van der Waals surface area contributed by atoms with Crippen molar-refractivity contribution in [2.45, 2.75) is 19.0 Å². The van der Waals surface area contributed by atoms with E-state index in [1.54, 1.807) is 0 Å². The first-order valence-electron chi connectivity index (χ1n) is 5.48. The van der Waals surface area contributed by atoms with Crippen molar-refractivity contribution in [1.29, 1.82) is 0 Å². The van der Waals surface area contributed by atoms with Crippen LogP contribution in [0.25, 0.3) is 0 Å². The molecule has 0 spiro atoms. The molecule has 3 N–H and O–H groups in total. The Labute approximate surface area is 98.4 Å². The molecule has 1 unspecified atom stereocenters. The normalized spacial score (nSPS) is 19.2. The number of nitrogen functional groups attached to an aromatic ring is 1. The predicted octanol–water partition coefficient (Wildman–Crippen LogP) is -0.664. The molecule has 1 atom stereocenters. The summed E-state index contributed by atoms with van der Waals surface area (Å²) in [6.45, 7) is 1.20. The number of pyridine rings is 1. The van der Waals surface area contributed by atoms with Gasteiger partial charge in [-0.25, -0.2) is 0 Å². The van der Waals surface area contributed by atoms with Crippen LogP contribution in [0.1, 0.15) is 6.42 Å².